The first kappa shape index (κ1) is 19.6. The van der Waals surface area contributed by atoms with Crippen molar-refractivity contribution in [1.29, 1.82) is 0 Å². The molecule has 0 fully saturated rings. The summed E-state index contributed by atoms with van der Waals surface area (Å²) >= 11 is 1.21. The van der Waals surface area contributed by atoms with Gasteiger partial charge in [-0.1, -0.05) is 0 Å². The Morgan fingerprint density at radius 2 is 1.93 bits per heavy atom. The topological polar surface area (TPSA) is 116 Å². The molecule has 8 nitrogen and oxygen atoms in total. The predicted molar refractivity (Wildman–Crippen MR) is 105 cm³/mol. The molecule has 0 unspecified atom stereocenters. The van der Waals surface area contributed by atoms with Gasteiger partial charge in [-0.15, -0.1) is 20.1 Å². The number of carbonyl (C=O) groups excluding carboxylic acids is 2. The van der Waals surface area contributed by atoms with Gasteiger partial charge in [-0.3, -0.25) is 14.6 Å². The largest absolute Gasteiger partial charge is 0.586 e. The van der Waals surface area contributed by atoms with Crippen LogP contribution in [-0.2, 0) is 6.54 Å². The molecule has 1 aliphatic rings. The standard InChI is InChI=1S/C19H14F2N4O4S/c20-19(21)28-14-2-1-11(8-15(14)29-19)25-18(27)16-12(4-6-30-16)24-9-10-3-5-23-13(7-10)17(22)26/h1-8,24H,9H2,(H2,22,26)(H,25,27). The van der Waals surface area contributed by atoms with Crippen LogP contribution >= 0.6 is 11.3 Å². The van der Waals surface area contributed by atoms with E-state index < -0.39 is 18.1 Å². The number of nitrogens with one attached hydrogen (secondary N) is 2. The van der Waals surface area contributed by atoms with Gasteiger partial charge >= 0.3 is 6.29 Å². The van der Waals surface area contributed by atoms with Gasteiger partial charge in [-0.25, -0.2) is 0 Å². The molecule has 11 heteroatoms. The Hall–Kier alpha value is -3.73. The van der Waals surface area contributed by atoms with Crippen LogP contribution in [0.25, 0.3) is 0 Å². The van der Waals surface area contributed by atoms with E-state index in [0.717, 1.165) is 5.56 Å². The maximum Gasteiger partial charge on any atom is 0.586 e. The van der Waals surface area contributed by atoms with Crippen molar-refractivity contribution in [2.75, 3.05) is 10.6 Å². The Bertz CT molecular complexity index is 1140. The molecule has 0 saturated carbocycles. The third kappa shape index (κ3) is 4.15. The van der Waals surface area contributed by atoms with Crippen LogP contribution in [-0.4, -0.2) is 23.1 Å². The number of ether oxygens (including phenoxy) is 2. The molecule has 0 radical (unpaired) electrons. The zero-order valence-electron chi connectivity index (χ0n) is 15.1. The van der Waals surface area contributed by atoms with Crippen LogP contribution in [0.5, 0.6) is 11.5 Å². The first-order chi connectivity index (χ1) is 14.3. The van der Waals surface area contributed by atoms with E-state index in [1.807, 2.05) is 0 Å². The third-order valence-electron chi connectivity index (χ3n) is 4.09. The Labute approximate surface area is 172 Å². The molecule has 3 heterocycles. The van der Waals surface area contributed by atoms with Crippen molar-refractivity contribution in [3.63, 3.8) is 0 Å². The molecule has 0 atom stereocenters. The molecule has 2 amide bonds. The fraction of sp³-hybridized carbons (Fsp3) is 0.105. The number of fused-ring (bicyclic) bond motifs is 1. The van der Waals surface area contributed by atoms with Crippen molar-refractivity contribution in [3.8, 4) is 11.5 Å². The van der Waals surface area contributed by atoms with Gasteiger partial charge in [-0.05, 0) is 41.3 Å². The zero-order chi connectivity index (χ0) is 21.3. The Morgan fingerprint density at radius 1 is 1.13 bits per heavy atom. The van der Waals surface area contributed by atoms with Crippen molar-refractivity contribution in [2.45, 2.75) is 12.8 Å². The molecular weight excluding hydrogens is 418 g/mol. The van der Waals surface area contributed by atoms with E-state index >= 15 is 0 Å². The number of benzene rings is 1. The van der Waals surface area contributed by atoms with Gasteiger partial charge in [0.15, 0.2) is 11.5 Å². The molecule has 0 aliphatic carbocycles. The van der Waals surface area contributed by atoms with Crippen LogP contribution in [0.4, 0.5) is 20.2 Å². The zero-order valence-corrected chi connectivity index (χ0v) is 16.0. The lowest BCUT2D eigenvalue weighted by Gasteiger charge is -2.09. The highest BCUT2D eigenvalue weighted by molar-refractivity contribution is 7.12. The highest BCUT2D eigenvalue weighted by Gasteiger charge is 2.43. The number of alkyl halides is 2. The van der Waals surface area contributed by atoms with Gasteiger partial charge in [0.05, 0.1) is 5.69 Å². The molecule has 30 heavy (non-hydrogen) atoms. The van der Waals surface area contributed by atoms with Gasteiger partial charge in [0, 0.05) is 24.5 Å². The monoisotopic (exact) mass is 432 g/mol. The summed E-state index contributed by atoms with van der Waals surface area (Å²) in [5.74, 6) is -1.32. The number of hydrogen-bond donors (Lipinski definition) is 3. The van der Waals surface area contributed by atoms with E-state index in [1.54, 1.807) is 23.6 Å². The molecule has 4 N–H and O–H groups in total. The number of halogens is 2. The van der Waals surface area contributed by atoms with Gasteiger partial charge in [-0.2, -0.15) is 0 Å². The van der Waals surface area contributed by atoms with Gasteiger partial charge < -0.3 is 25.8 Å². The minimum absolute atomic E-state index is 0.107. The van der Waals surface area contributed by atoms with Gasteiger partial charge in [0.25, 0.3) is 11.8 Å². The molecule has 4 rings (SSSR count). The van der Waals surface area contributed by atoms with Gasteiger partial charge in [0.1, 0.15) is 10.6 Å². The quantitative estimate of drug-likeness (QED) is 0.550. The number of carbonyl (C=O) groups is 2. The van der Waals surface area contributed by atoms with E-state index in [2.05, 4.69) is 25.1 Å². The first-order valence-electron chi connectivity index (χ1n) is 8.58. The van der Waals surface area contributed by atoms with Crippen molar-refractivity contribution >= 4 is 34.5 Å². The molecule has 1 aromatic carbocycles. The number of primary amides is 1. The summed E-state index contributed by atoms with van der Waals surface area (Å²) in [4.78, 5) is 28.2. The van der Waals surface area contributed by atoms with E-state index in [9.17, 15) is 18.4 Å². The number of nitrogens with two attached hydrogens (primary N) is 1. The van der Waals surface area contributed by atoms with E-state index in [4.69, 9.17) is 5.73 Å². The Balaban J connectivity index is 1.44. The highest BCUT2D eigenvalue weighted by Crippen LogP contribution is 2.42. The lowest BCUT2D eigenvalue weighted by atomic mass is 10.2. The molecule has 1 aliphatic heterocycles. The molecule has 2 aromatic heterocycles. The first-order valence-corrected chi connectivity index (χ1v) is 9.46. The fourth-order valence-electron chi connectivity index (χ4n) is 2.76. The minimum atomic E-state index is -3.73. The molecular formula is C19H14F2N4O4S. The second kappa shape index (κ2) is 7.59. The maximum atomic E-state index is 13.1. The lowest BCUT2D eigenvalue weighted by molar-refractivity contribution is -0.286. The summed E-state index contributed by atoms with van der Waals surface area (Å²) in [6.45, 7) is 0.332. The number of thiophene rings is 1. The highest BCUT2D eigenvalue weighted by atomic mass is 32.1. The summed E-state index contributed by atoms with van der Waals surface area (Å²) in [6, 6.07) is 8.99. The molecule has 0 spiro atoms. The number of amides is 2. The number of pyridine rings is 1. The summed E-state index contributed by atoms with van der Waals surface area (Å²) in [6.07, 6.45) is -2.25. The van der Waals surface area contributed by atoms with Crippen molar-refractivity contribution in [3.05, 3.63) is 64.1 Å². The van der Waals surface area contributed by atoms with E-state index in [0.29, 0.717) is 17.1 Å². The van der Waals surface area contributed by atoms with E-state index in [-0.39, 0.29) is 22.9 Å². The minimum Gasteiger partial charge on any atom is -0.395 e. The normalized spacial score (nSPS) is 13.7. The van der Waals surface area contributed by atoms with Crippen LogP contribution < -0.4 is 25.8 Å². The Kier molecular flexibility index (Phi) is 4.96. The van der Waals surface area contributed by atoms with Crippen LogP contribution in [0.3, 0.4) is 0 Å². The molecule has 3 aromatic rings. The molecule has 0 bridgehead atoms. The van der Waals surface area contributed by atoms with Crippen LogP contribution in [0.15, 0.2) is 48.0 Å². The van der Waals surface area contributed by atoms with Crippen molar-refractivity contribution < 1.29 is 27.8 Å². The lowest BCUT2D eigenvalue weighted by Crippen LogP contribution is -2.25. The van der Waals surface area contributed by atoms with Crippen LogP contribution in [0, 0.1) is 0 Å². The Morgan fingerprint density at radius 3 is 2.73 bits per heavy atom. The fourth-order valence-corrected chi connectivity index (χ4v) is 3.52. The summed E-state index contributed by atoms with van der Waals surface area (Å²) < 4.78 is 35.0. The maximum absolute atomic E-state index is 13.1. The van der Waals surface area contributed by atoms with Crippen molar-refractivity contribution in [2.24, 2.45) is 5.73 Å². The third-order valence-corrected chi connectivity index (χ3v) is 5.00. The molecule has 154 valence electrons. The number of aromatic nitrogens is 1. The van der Waals surface area contributed by atoms with Gasteiger partial charge in [0.2, 0.25) is 0 Å². The average molecular weight is 432 g/mol. The SMILES string of the molecule is NC(=O)c1cc(CNc2ccsc2C(=O)Nc2ccc3c(c2)OC(F)(F)O3)ccn1. The predicted octanol–water partition coefficient (Wildman–Crippen LogP) is 3.43. The second-order valence-electron chi connectivity index (χ2n) is 6.21. The average Bonchev–Trinajstić information content (AvgIpc) is 3.28. The summed E-state index contributed by atoms with van der Waals surface area (Å²) in [5.41, 5.74) is 6.98. The van der Waals surface area contributed by atoms with Crippen LogP contribution in [0.1, 0.15) is 25.7 Å². The second-order valence-corrected chi connectivity index (χ2v) is 7.13. The number of anilines is 2. The number of nitrogens with zero attached hydrogens (tertiary/aromatic N) is 1. The van der Waals surface area contributed by atoms with E-state index in [1.165, 1.54) is 35.7 Å². The smallest absolute Gasteiger partial charge is 0.395 e. The van der Waals surface area contributed by atoms with Crippen LogP contribution in [0.2, 0.25) is 0 Å². The van der Waals surface area contributed by atoms with Crippen molar-refractivity contribution in [1.82, 2.24) is 4.98 Å². The molecule has 0 saturated heterocycles. The summed E-state index contributed by atoms with van der Waals surface area (Å²) in [5, 5.41) is 7.50. The summed E-state index contributed by atoms with van der Waals surface area (Å²) in [7, 11) is 0. The number of rotatable bonds is 6. The number of hydrogen-bond acceptors (Lipinski definition) is 7.